The zero-order valence-electron chi connectivity index (χ0n) is 14.6. The molecule has 5 nitrogen and oxygen atoms in total. The van der Waals surface area contributed by atoms with Crippen LogP contribution in [0.5, 0.6) is 0 Å². The van der Waals surface area contributed by atoms with Gasteiger partial charge in [-0.15, -0.1) is 0 Å². The SMILES string of the molecule is O=C(CN(Cc1ccccc1F)C(=O)[C@@H]1CSC(=O)C1)NC1CCCC1. The fourth-order valence-corrected chi connectivity index (χ4v) is 4.46. The highest BCUT2D eigenvalue weighted by Crippen LogP contribution is 2.27. The molecule has 1 N–H and O–H groups in total. The molecule has 7 heteroatoms. The average molecular weight is 378 g/mol. The van der Waals surface area contributed by atoms with Gasteiger partial charge in [-0.1, -0.05) is 42.8 Å². The van der Waals surface area contributed by atoms with Gasteiger partial charge >= 0.3 is 0 Å². The third-order valence-corrected chi connectivity index (χ3v) is 5.95. The van der Waals surface area contributed by atoms with E-state index >= 15 is 0 Å². The monoisotopic (exact) mass is 378 g/mol. The Morgan fingerprint density at radius 3 is 2.62 bits per heavy atom. The Hall–Kier alpha value is -1.89. The summed E-state index contributed by atoms with van der Waals surface area (Å²) in [7, 11) is 0. The number of halogens is 1. The summed E-state index contributed by atoms with van der Waals surface area (Å²) in [5, 5.41) is 2.96. The number of carbonyl (C=O) groups excluding carboxylic acids is 3. The fraction of sp³-hybridized carbons (Fsp3) is 0.526. The Morgan fingerprint density at radius 2 is 1.96 bits per heavy atom. The molecule has 2 aliphatic rings. The quantitative estimate of drug-likeness (QED) is 0.826. The lowest BCUT2D eigenvalue weighted by Crippen LogP contribution is -2.45. The van der Waals surface area contributed by atoms with Gasteiger partial charge in [0.15, 0.2) is 5.12 Å². The van der Waals surface area contributed by atoms with Crippen molar-refractivity contribution in [2.75, 3.05) is 12.3 Å². The second-order valence-corrected chi connectivity index (χ2v) is 8.00. The van der Waals surface area contributed by atoms with E-state index in [0.29, 0.717) is 11.3 Å². The van der Waals surface area contributed by atoms with Gasteiger partial charge in [0.2, 0.25) is 11.8 Å². The molecule has 1 aliphatic carbocycles. The zero-order valence-corrected chi connectivity index (χ0v) is 15.4. The first-order valence-corrected chi connectivity index (χ1v) is 9.98. The van der Waals surface area contributed by atoms with Crippen molar-refractivity contribution >= 4 is 28.7 Å². The molecule has 2 amide bonds. The first-order chi connectivity index (χ1) is 12.5. The molecule has 1 atom stereocenters. The fourth-order valence-electron chi connectivity index (χ4n) is 3.49. The lowest BCUT2D eigenvalue weighted by Gasteiger charge is -2.26. The molecule has 1 saturated carbocycles. The normalized spacial score (nSPS) is 20.3. The standard InChI is InChI=1S/C19H23FN2O3S/c20-16-8-4-1-5-13(16)10-22(19(25)14-9-18(24)26-12-14)11-17(23)21-15-6-2-3-7-15/h1,4-5,8,14-15H,2-3,6-7,9-12H2,(H,21,23)/t14-/m0/s1. The Morgan fingerprint density at radius 1 is 1.23 bits per heavy atom. The Balaban J connectivity index is 1.69. The molecular weight excluding hydrogens is 355 g/mol. The van der Waals surface area contributed by atoms with Gasteiger partial charge in [-0.3, -0.25) is 14.4 Å². The predicted molar refractivity (Wildman–Crippen MR) is 97.8 cm³/mol. The van der Waals surface area contributed by atoms with Crippen LogP contribution in [0.25, 0.3) is 0 Å². The summed E-state index contributed by atoms with van der Waals surface area (Å²) in [6, 6.07) is 6.40. The summed E-state index contributed by atoms with van der Waals surface area (Å²) in [6.07, 6.45) is 4.30. The van der Waals surface area contributed by atoms with Gasteiger partial charge in [-0.25, -0.2) is 4.39 Å². The van der Waals surface area contributed by atoms with E-state index in [-0.39, 0.29) is 42.5 Å². The minimum Gasteiger partial charge on any atom is -0.352 e. The van der Waals surface area contributed by atoms with Crippen LogP contribution in [-0.4, -0.2) is 40.2 Å². The maximum absolute atomic E-state index is 14.0. The van der Waals surface area contributed by atoms with E-state index < -0.39 is 11.7 Å². The molecule has 0 spiro atoms. The Kier molecular flexibility index (Phi) is 6.29. The van der Waals surface area contributed by atoms with E-state index in [9.17, 15) is 18.8 Å². The molecule has 1 saturated heterocycles. The topological polar surface area (TPSA) is 66.5 Å². The molecule has 1 aliphatic heterocycles. The molecule has 26 heavy (non-hydrogen) atoms. The molecule has 1 aromatic carbocycles. The molecular formula is C19H23FN2O3S. The number of rotatable bonds is 6. The number of nitrogens with zero attached hydrogens (tertiary/aromatic N) is 1. The van der Waals surface area contributed by atoms with Gasteiger partial charge in [-0.2, -0.15) is 0 Å². The molecule has 0 aromatic heterocycles. The van der Waals surface area contributed by atoms with Crippen molar-refractivity contribution in [3.63, 3.8) is 0 Å². The van der Waals surface area contributed by atoms with Gasteiger partial charge < -0.3 is 10.2 Å². The van der Waals surface area contributed by atoms with Crippen LogP contribution < -0.4 is 5.32 Å². The van der Waals surface area contributed by atoms with Gasteiger partial charge in [0, 0.05) is 30.3 Å². The summed E-state index contributed by atoms with van der Waals surface area (Å²) < 4.78 is 14.0. The summed E-state index contributed by atoms with van der Waals surface area (Å²) in [5.74, 6) is -0.890. The van der Waals surface area contributed by atoms with Crippen LogP contribution in [0, 0.1) is 11.7 Å². The van der Waals surface area contributed by atoms with Crippen LogP contribution in [0.2, 0.25) is 0 Å². The molecule has 0 unspecified atom stereocenters. The van der Waals surface area contributed by atoms with Crippen molar-refractivity contribution < 1.29 is 18.8 Å². The van der Waals surface area contributed by atoms with Gasteiger partial charge in [0.25, 0.3) is 0 Å². The molecule has 2 fully saturated rings. The van der Waals surface area contributed by atoms with Crippen LogP contribution in [0.15, 0.2) is 24.3 Å². The Labute approximate surface area is 156 Å². The highest BCUT2D eigenvalue weighted by molar-refractivity contribution is 8.14. The number of nitrogens with one attached hydrogen (secondary N) is 1. The van der Waals surface area contributed by atoms with Crippen LogP contribution >= 0.6 is 11.8 Å². The summed E-state index contributed by atoms with van der Waals surface area (Å²) in [4.78, 5) is 38.1. The molecule has 3 rings (SSSR count). The maximum Gasteiger partial charge on any atom is 0.239 e. The Bertz CT molecular complexity index is 691. The second kappa shape index (κ2) is 8.66. The van der Waals surface area contributed by atoms with Crippen molar-refractivity contribution in [1.29, 1.82) is 0 Å². The van der Waals surface area contributed by atoms with Crippen molar-refractivity contribution in [2.24, 2.45) is 5.92 Å². The van der Waals surface area contributed by atoms with E-state index in [1.165, 1.54) is 11.0 Å². The zero-order chi connectivity index (χ0) is 18.5. The van der Waals surface area contributed by atoms with Crippen molar-refractivity contribution in [1.82, 2.24) is 10.2 Å². The first-order valence-electron chi connectivity index (χ1n) is 9.00. The summed E-state index contributed by atoms with van der Waals surface area (Å²) in [6.45, 7) is -0.0853. The average Bonchev–Trinajstić information content (AvgIpc) is 3.27. The molecule has 1 aromatic rings. The van der Waals surface area contributed by atoms with Gasteiger partial charge in [-0.05, 0) is 18.9 Å². The minimum atomic E-state index is -0.432. The first kappa shape index (κ1) is 18.9. The van der Waals surface area contributed by atoms with Crippen LogP contribution in [0.4, 0.5) is 4.39 Å². The number of benzene rings is 1. The third-order valence-electron chi connectivity index (χ3n) is 4.89. The van der Waals surface area contributed by atoms with Crippen LogP contribution in [0.3, 0.4) is 0 Å². The van der Waals surface area contributed by atoms with E-state index in [2.05, 4.69) is 5.32 Å². The number of hydrogen-bond donors (Lipinski definition) is 1. The molecule has 1 heterocycles. The minimum absolute atomic E-state index is 0.00963. The maximum atomic E-state index is 14.0. The van der Waals surface area contributed by atoms with Crippen molar-refractivity contribution in [2.45, 2.75) is 44.7 Å². The van der Waals surface area contributed by atoms with Crippen molar-refractivity contribution in [3.05, 3.63) is 35.6 Å². The molecule has 0 bridgehead atoms. The lowest BCUT2D eigenvalue weighted by atomic mass is 10.1. The lowest BCUT2D eigenvalue weighted by molar-refractivity contribution is -0.140. The van der Waals surface area contributed by atoms with E-state index in [4.69, 9.17) is 0 Å². The summed E-state index contributed by atoms with van der Waals surface area (Å²) in [5.41, 5.74) is 0.367. The highest BCUT2D eigenvalue weighted by Gasteiger charge is 2.33. The smallest absolute Gasteiger partial charge is 0.239 e. The second-order valence-electron chi connectivity index (χ2n) is 6.92. The van der Waals surface area contributed by atoms with E-state index in [0.717, 1.165) is 37.4 Å². The predicted octanol–water partition coefficient (Wildman–Crippen LogP) is 2.49. The third kappa shape index (κ3) is 4.84. The van der Waals surface area contributed by atoms with Crippen molar-refractivity contribution in [3.8, 4) is 0 Å². The number of thioether (sulfide) groups is 1. The van der Waals surface area contributed by atoms with Gasteiger partial charge in [0.1, 0.15) is 5.82 Å². The van der Waals surface area contributed by atoms with Gasteiger partial charge in [0.05, 0.1) is 12.5 Å². The molecule has 0 radical (unpaired) electrons. The van der Waals surface area contributed by atoms with Crippen LogP contribution in [0.1, 0.15) is 37.7 Å². The van der Waals surface area contributed by atoms with Crippen LogP contribution in [-0.2, 0) is 20.9 Å². The number of amides is 2. The number of hydrogen-bond acceptors (Lipinski definition) is 4. The van der Waals surface area contributed by atoms with E-state index in [1.807, 2.05) is 0 Å². The molecule has 140 valence electrons. The number of carbonyl (C=O) groups is 3. The summed E-state index contributed by atoms with van der Waals surface area (Å²) >= 11 is 1.14. The van der Waals surface area contributed by atoms with E-state index in [1.54, 1.807) is 18.2 Å². The highest BCUT2D eigenvalue weighted by atomic mass is 32.2. The largest absolute Gasteiger partial charge is 0.352 e.